The smallest absolute Gasteiger partial charge is 0.415 e. The van der Waals surface area contributed by atoms with Crippen LogP contribution in [0.5, 0.6) is 0 Å². The number of amides is 1. The van der Waals surface area contributed by atoms with Crippen LogP contribution in [0.25, 0.3) is 10.4 Å². The van der Waals surface area contributed by atoms with Crippen LogP contribution in [0.15, 0.2) is 28.3 Å². The molecule has 1 aromatic rings. The standard InChI is InChI=1S/C20H27F2N5O3SSi/c1-19(13-6-5-7-14(21)16(13)22)15-10-20(15,11-24-26-23)31-17(25-19)27(18(28)29)12-30-8-9-32(2,3)4/h5-7,15H,8-12H2,1-4H3,(H,28,29)/t15-,19+,20+/m0/s1. The molecular formula is C20H27F2N5O3SSi. The molecule has 0 radical (unpaired) electrons. The number of benzene rings is 1. The fourth-order valence-corrected chi connectivity index (χ4v) is 6.28. The molecule has 2 aliphatic rings. The molecule has 174 valence electrons. The van der Waals surface area contributed by atoms with Crippen molar-refractivity contribution < 1.29 is 23.4 Å². The van der Waals surface area contributed by atoms with E-state index in [1.54, 1.807) is 6.92 Å². The summed E-state index contributed by atoms with van der Waals surface area (Å²) < 4.78 is 33.8. The first kappa shape index (κ1) is 24.5. The van der Waals surface area contributed by atoms with Gasteiger partial charge < -0.3 is 9.84 Å². The number of azide groups is 1. The van der Waals surface area contributed by atoms with E-state index in [1.807, 2.05) is 0 Å². The number of amidine groups is 1. The molecule has 1 fully saturated rings. The summed E-state index contributed by atoms with van der Waals surface area (Å²) in [4.78, 5) is 20.5. The Kier molecular flexibility index (Phi) is 6.90. The lowest BCUT2D eigenvalue weighted by Gasteiger charge is -2.37. The molecule has 0 bridgehead atoms. The quantitative estimate of drug-likeness (QED) is 0.129. The third kappa shape index (κ3) is 4.93. The molecule has 1 amide bonds. The number of carbonyl (C=O) groups is 1. The molecule has 3 rings (SSSR count). The van der Waals surface area contributed by atoms with E-state index >= 15 is 0 Å². The first-order valence-corrected chi connectivity index (χ1v) is 14.8. The van der Waals surface area contributed by atoms with E-state index in [-0.39, 0.29) is 29.9 Å². The SMILES string of the molecule is C[C@]1(c2cccc(F)c2F)N=C(N(COCC[Si](C)(C)C)C(=O)O)S[C@@]2(CN=[N+]=[N-])C[C@H]21. The minimum Gasteiger partial charge on any atom is -0.465 e. The molecule has 1 aliphatic heterocycles. The zero-order valence-corrected chi connectivity index (χ0v) is 20.3. The highest BCUT2D eigenvalue weighted by Crippen LogP contribution is 2.66. The fourth-order valence-electron chi connectivity index (χ4n) is 3.93. The van der Waals surface area contributed by atoms with Crippen LogP contribution in [0, 0.1) is 17.6 Å². The number of aliphatic imine (C=N–C) groups is 1. The van der Waals surface area contributed by atoms with Crippen molar-refractivity contribution in [3.63, 3.8) is 0 Å². The predicted molar refractivity (Wildman–Crippen MR) is 122 cm³/mol. The molecule has 12 heteroatoms. The summed E-state index contributed by atoms with van der Waals surface area (Å²) in [6.07, 6.45) is -0.732. The first-order chi connectivity index (χ1) is 14.9. The van der Waals surface area contributed by atoms with Gasteiger partial charge in [0, 0.05) is 42.4 Å². The molecule has 1 saturated carbocycles. The Morgan fingerprint density at radius 1 is 1.47 bits per heavy atom. The van der Waals surface area contributed by atoms with E-state index in [4.69, 9.17) is 10.3 Å². The van der Waals surface area contributed by atoms with Crippen LogP contribution in [0.2, 0.25) is 25.7 Å². The van der Waals surface area contributed by atoms with Gasteiger partial charge in [0.25, 0.3) is 0 Å². The van der Waals surface area contributed by atoms with Crippen LogP contribution in [0.4, 0.5) is 13.6 Å². The third-order valence-electron chi connectivity index (χ3n) is 5.90. The van der Waals surface area contributed by atoms with Crippen molar-refractivity contribution in [2.75, 3.05) is 19.9 Å². The summed E-state index contributed by atoms with van der Waals surface area (Å²) in [5.41, 5.74) is 7.65. The van der Waals surface area contributed by atoms with Gasteiger partial charge in [-0.2, -0.15) is 0 Å². The number of hydrogen-bond donors (Lipinski definition) is 1. The van der Waals surface area contributed by atoms with Crippen molar-refractivity contribution in [3.8, 4) is 0 Å². The number of halogens is 2. The molecule has 1 N–H and O–H groups in total. The number of fused-ring (bicyclic) bond motifs is 1. The Morgan fingerprint density at radius 3 is 2.81 bits per heavy atom. The van der Waals surface area contributed by atoms with E-state index in [1.165, 1.54) is 23.9 Å². The van der Waals surface area contributed by atoms with Gasteiger partial charge in [-0.3, -0.25) is 4.99 Å². The largest absolute Gasteiger partial charge is 0.465 e. The first-order valence-electron chi connectivity index (χ1n) is 10.3. The van der Waals surface area contributed by atoms with E-state index in [2.05, 4.69) is 34.7 Å². The lowest BCUT2D eigenvalue weighted by molar-refractivity contribution is 0.0702. The van der Waals surface area contributed by atoms with Gasteiger partial charge in [0.1, 0.15) is 6.73 Å². The van der Waals surface area contributed by atoms with Crippen LogP contribution < -0.4 is 0 Å². The van der Waals surface area contributed by atoms with Gasteiger partial charge in [0.2, 0.25) is 0 Å². The normalized spacial score (nSPS) is 26.6. The number of ether oxygens (including phenoxy) is 1. The van der Waals surface area contributed by atoms with Crippen molar-refractivity contribution in [1.82, 2.24) is 4.90 Å². The van der Waals surface area contributed by atoms with E-state index in [0.29, 0.717) is 13.0 Å². The van der Waals surface area contributed by atoms with Crippen LogP contribution in [-0.2, 0) is 10.3 Å². The van der Waals surface area contributed by atoms with Crippen LogP contribution in [0.1, 0.15) is 18.9 Å². The second-order valence-corrected chi connectivity index (χ2v) is 16.5. The third-order valence-corrected chi connectivity index (χ3v) is 9.09. The van der Waals surface area contributed by atoms with Crippen LogP contribution in [-0.4, -0.2) is 54.0 Å². The molecular weight excluding hydrogens is 456 g/mol. The molecule has 1 aliphatic carbocycles. The lowest BCUT2D eigenvalue weighted by Crippen LogP contribution is -2.44. The highest BCUT2D eigenvalue weighted by Gasteiger charge is 2.67. The Bertz CT molecular complexity index is 984. The lowest BCUT2D eigenvalue weighted by atomic mass is 9.85. The summed E-state index contributed by atoms with van der Waals surface area (Å²) in [5, 5.41) is 13.6. The van der Waals surface area contributed by atoms with Crippen molar-refractivity contribution in [2.45, 2.75) is 49.3 Å². The summed E-state index contributed by atoms with van der Waals surface area (Å²) >= 11 is 1.20. The van der Waals surface area contributed by atoms with Gasteiger partial charge in [0.05, 0.1) is 5.54 Å². The van der Waals surface area contributed by atoms with Crippen LogP contribution in [0.3, 0.4) is 0 Å². The van der Waals surface area contributed by atoms with Gasteiger partial charge in [-0.05, 0) is 31.0 Å². The van der Waals surface area contributed by atoms with Crippen molar-refractivity contribution in [2.24, 2.45) is 16.0 Å². The number of carboxylic acid groups (broad SMARTS) is 1. The number of thioether (sulfide) groups is 1. The minimum atomic E-state index is -1.36. The number of hydrogen-bond acceptors (Lipinski definition) is 5. The average Bonchev–Trinajstić information content (AvgIpc) is 3.43. The van der Waals surface area contributed by atoms with Gasteiger partial charge >= 0.3 is 6.09 Å². The Morgan fingerprint density at radius 2 is 2.19 bits per heavy atom. The summed E-state index contributed by atoms with van der Waals surface area (Å²) in [6, 6.07) is 4.76. The molecule has 1 aromatic carbocycles. The van der Waals surface area contributed by atoms with Crippen molar-refractivity contribution in [3.05, 3.63) is 45.8 Å². The zero-order valence-electron chi connectivity index (χ0n) is 18.5. The van der Waals surface area contributed by atoms with E-state index in [9.17, 15) is 18.7 Å². The zero-order chi connectivity index (χ0) is 23.7. The molecule has 0 saturated heterocycles. The average molecular weight is 484 g/mol. The monoisotopic (exact) mass is 483 g/mol. The molecule has 1 heterocycles. The van der Waals surface area contributed by atoms with Crippen LogP contribution >= 0.6 is 11.8 Å². The van der Waals surface area contributed by atoms with Gasteiger partial charge in [-0.1, -0.05) is 48.6 Å². The maximum Gasteiger partial charge on any atom is 0.415 e. The Hall–Kier alpha value is -2.14. The topological polar surface area (TPSA) is 111 Å². The highest BCUT2D eigenvalue weighted by molar-refractivity contribution is 8.15. The highest BCUT2D eigenvalue weighted by atomic mass is 32.2. The van der Waals surface area contributed by atoms with Crippen molar-refractivity contribution in [1.29, 1.82) is 0 Å². The Balaban J connectivity index is 1.96. The maximum absolute atomic E-state index is 14.8. The Labute approximate surface area is 190 Å². The predicted octanol–water partition coefficient (Wildman–Crippen LogP) is 5.64. The summed E-state index contributed by atoms with van der Waals surface area (Å²) in [6.45, 7) is 8.52. The summed E-state index contributed by atoms with van der Waals surface area (Å²) in [7, 11) is -1.36. The molecule has 0 spiro atoms. The van der Waals surface area contributed by atoms with Crippen molar-refractivity contribution >= 4 is 31.1 Å². The second kappa shape index (κ2) is 9.01. The van der Waals surface area contributed by atoms with Gasteiger partial charge in [-0.25, -0.2) is 18.5 Å². The molecule has 32 heavy (non-hydrogen) atoms. The second-order valence-electron chi connectivity index (χ2n) is 9.51. The molecule has 3 atom stereocenters. The molecule has 8 nitrogen and oxygen atoms in total. The van der Waals surface area contributed by atoms with Gasteiger partial charge in [0.15, 0.2) is 16.8 Å². The summed E-state index contributed by atoms with van der Waals surface area (Å²) in [5.74, 6) is -2.25. The van der Waals surface area contributed by atoms with E-state index in [0.717, 1.165) is 17.0 Å². The van der Waals surface area contributed by atoms with E-state index < -0.39 is 36.1 Å². The molecule has 0 unspecified atom stereocenters. The minimum absolute atomic E-state index is 0.0492. The van der Waals surface area contributed by atoms with Gasteiger partial charge in [-0.15, -0.1) is 0 Å². The molecule has 0 aromatic heterocycles. The number of rotatable bonds is 8. The number of nitrogens with zero attached hydrogens (tertiary/aromatic N) is 5. The fraction of sp³-hybridized carbons (Fsp3) is 0.600. The maximum atomic E-state index is 14.8.